The summed E-state index contributed by atoms with van der Waals surface area (Å²) in [6, 6.07) is 7.65. The van der Waals surface area contributed by atoms with Crippen LogP contribution in [0.3, 0.4) is 0 Å². The summed E-state index contributed by atoms with van der Waals surface area (Å²) in [6.45, 7) is 0.385. The van der Waals surface area contributed by atoms with Crippen molar-refractivity contribution in [3.05, 3.63) is 60.4 Å². The fraction of sp³-hybridized carbons (Fsp3) is 0.154. The van der Waals surface area contributed by atoms with E-state index in [1.807, 2.05) is 24.3 Å². The van der Waals surface area contributed by atoms with Crippen molar-refractivity contribution in [1.29, 1.82) is 0 Å². The zero-order valence-electron chi connectivity index (χ0n) is 10.9. The minimum atomic E-state index is -0.517. The van der Waals surface area contributed by atoms with Crippen molar-refractivity contribution < 1.29 is 0 Å². The van der Waals surface area contributed by atoms with E-state index in [0.717, 1.165) is 10.0 Å². The Hall–Kier alpha value is -1.86. The second-order valence-electron chi connectivity index (χ2n) is 4.59. The molecule has 0 unspecified atom stereocenters. The van der Waals surface area contributed by atoms with Gasteiger partial charge in [-0.15, -0.1) is 0 Å². The van der Waals surface area contributed by atoms with Crippen LogP contribution < -0.4 is 11.2 Å². The van der Waals surface area contributed by atoms with Gasteiger partial charge in [0.25, 0.3) is 5.56 Å². The molecule has 0 saturated heterocycles. The molecule has 2 heterocycles. The van der Waals surface area contributed by atoms with Crippen molar-refractivity contribution >= 4 is 38.7 Å². The number of hydrogen-bond donors (Lipinski definition) is 1. The van der Waals surface area contributed by atoms with Gasteiger partial charge < -0.3 is 4.57 Å². The Morgan fingerprint density at radius 3 is 2.86 bits per heavy atom. The quantitative estimate of drug-likeness (QED) is 0.701. The molecule has 0 spiro atoms. The molecule has 6 nitrogen and oxygen atoms in total. The molecule has 0 aliphatic carbocycles. The fourth-order valence-corrected chi connectivity index (χ4v) is 2.84. The van der Waals surface area contributed by atoms with Crippen LogP contribution in [0.2, 0.25) is 5.28 Å². The molecular weight excluding hydrogens is 360 g/mol. The minimum absolute atomic E-state index is 0.164. The van der Waals surface area contributed by atoms with Gasteiger partial charge in [0.2, 0.25) is 5.28 Å². The third-order valence-corrected chi connectivity index (χ3v) is 3.97. The molecule has 0 saturated carbocycles. The number of fused-ring (bicyclic) bond motifs is 1. The van der Waals surface area contributed by atoms with E-state index in [0.29, 0.717) is 6.54 Å². The SMILES string of the molecule is Cn1c(=O)[nH]c(=O)c2c1nc(Cl)n2Cc1cccc(Br)c1. The van der Waals surface area contributed by atoms with Gasteiger partial charge in [0.1, 0.15) is 0 Å². The van der Waals surface area contributed by atoms with Crippen LogP contribution in [0, 0.1) is 0 Å². The van der Waals surface area contributed by atoms with E-state index in [2.05, 4.69) is 25.9 Å². The summed E-state index contributed by atoms with van der Waals surface area (Å²) in [5, 5.41) is 0.164. The lowest BCUT2D eigenvalue weighted by Crippen LogP contribution is -2.29. The summed E-state index contributed by atoms with van der Waals surface area (Å²) in [6.07, 6.45) is 0. The molecule has 21 heavy (non-hydrogen) atoms. The number of aromatic nitrogens is 4. The number of halogens is 2. The van der Waals surface area contributed by atoms with Gasteiger partial charge in [0.15, 0.2) is 11.2 Å². The Kier molecular flexibility index (Phi) is 3.46. The molecule has 1 aromatic carbocycles. The number of nitrogens with one attached hydrogen (secondary N) is 1. The van der Waals surface area contributed by atoms with Crippen molar-refractivity contribution in [1.82, 2.24) is 19.1 Å². The van der Waals surface area contributed by atoms with Gasteiger partial charge in [-0.3, -0.25) is 14.3 Å². The van der Waals surface area contributed by atoms with E-state index in [1.54, 1.807) is 4.57 Å². The van der Waals surface area contributed by atoms with Gasteiger partial charge in [0, 0.05) is 11.5 Å². The molecule has 0 amide bonds. The van der Waals surface area contributed by atoms with E-state index < -0.39 is 11.2 Å². The summed E-state index contributed by atoms with van der Waals surface area (Å²) in [5.74, 6) is 0. The van der Waals surface area contributed by atoms with Crippen LogP contribution in [0.25, 0.3) is 11.2 Å². The summed E-state index contributed by atoms with van der Waals surface area (Å²) < 4.78 is 3.78. The highest BCUT2D eigenvalue weighted by Crippen LogP contribution is 2.19. The van der Waals surface area contributed by atoms with Gasteiger partial charge in [0.05, 0.1) is 6.54 Å². The number of nitrogens with zero attached hydrogens (tertiary/aromatic N) is 3. The first kappa shape index (κ1) is 14.1. The molecule has 2 aromatic heterocycles. The van der Waals surface area contributed by atoms with Crippen molar-refractivity contribution in [2.75, 3.05) is 0 Å². The molecular formula is C13H10BrClN4O2. The Morgan fingerprint density at radius 2 is 2.14 bits per heavy atom. The summed E-state index contributed by atoms with van der Waals surface area (Å²) in [5.41, 5.74) is 0.489. The highest BCUT2D eigenvalue weighted by molar-refractivity contribution is 9.10. The first-order chi connectivity index (χ1) is 9.97. The monoisotopic (exact) mass is 368 g/mol. The second kappa shape index (κ2) is 5.16. The summed E-state index contributed by atoms with van der Waals surface area (Å²) in [4.78, 5) is 30.0. The second-order valence-corrected chi connectivity index (χ2v) is 5.84. The third kappa shape index (κ3) is 2.43. The zero-order valence-corrected chi connectivity index (χ0v) is 13.3. The highest BCUT2D eigenvalue weighted by Gasteiger charge is 2.16. The maximum Gasteiger partial charge on any atom is 0.329 e. The zero-order chi connectivity index (χ0) is 15.1. The molecule has 0 aliphatic heterocycles. The lowest BCUT2D eigenvalue weighted by molar-refractivity contribution is 0.806. The highest BCUT2D eigenvalue weighted by atomic mass is 79.9. The smallest absolute Gasteiger partial charge is 0.304 e. The predicted octanol–water partition coefficient (Wildman–Crippen LogP) is 1.89. The minimum Gasteiger partial charge on any atom is -0.304 e. The largest absolute Gasteiger partial charge is 0.329 e. The topological polar surface area (TPSA) is 72.7 Å². The van der Waals surface area contributed by atoms with Gasteiger partial charge in [-0.1, -0.05) is 28.1 Å². The molecule has 0 atom stereocenters. The number of benzene rings is 1. The number of H-pyrrole nitrogens is 1. The first-order valence-electron chi connectivity index (χ1n) is 6.07. The first-order valence-corrected chi connectivity index (χ1v) is 7.24. The van der Waals surface area contributed by atoms with Gasteiger partial charge in [-0.05, 0) is 29.3 Å². The Bertz CT molecular complexity index is 957. The maximum atomic E-state index is 12.0. The number of rotatable bonds is 2. The maximum absolute atomic E-state index is 12.0. The van der Waals surface area contributed by atoms with Crippen LogP contribution in [0.1, 0.15) is 5.56 Å². The standard InChI is InChI=1S/C13H10BrClN4O2/c1-18-10-9(11(20)17-13(18)21)19(12(15)16-10)6-7-3-2-4-8(14)5-7/h2-5H,6H2,1H3,(H,17,20,21). The number of imidazole rings is 1. The van der Waals surface area contributed by atoms with Crippen LogP contribution >= 0.6 is 27.5 Å². The van der Waals surface area contributed by atoms with Gasteiger partial charge in [-0.2, -0.15) is 4.98 Å². The molecule has 1 N–H and O–H groups in total. The fourth-order valence-electron chi connectivity index (χ4n) is 2.17. The Labute approximate surface area is 132 Å². The van der Waals surface area contributed by atoms with E-state index in [4.69, 9.17) is 11.6 Å². The van der Waals surface area contributed by atoms with E-state index in [9.17, 15) is 9.59 Å². The number of hydrogen-bond acceptors (Lipinski definition) is 3. The van der Waals surface area contributed by atoms with Crippen LogP contribution in [-0.2, 0) is 13.6 Å². The molecule has 3 rings (SSSR count). The van der Waals surface area contributed by atoms with Gasteiger partial charge >= 0.3 is 5.69 Å². The van der Waals surface area contributed by atoms with Crippen molar-refractivity contribution in [3.63, 3.8) is 0 Å². The molecule has 108 valence electrons. The van der Waals surface area contributed by atoms with Crippen molar-refractivity contribution in [3.8, 4) is 0 Å². The predicted molar refractivity (Wildman–Crippen MR) is 83.8 cm³/mol. The average molecular weight is 370 g/mol. The van der Waals surface area contributed by atoms with E-state index in [1.165, 1.54) is 11.6 Å². The Morgan fingerprint density at radius 1 is 1.38 bits per heavy atom. The van der Waals surface area contributed by atoms with Crippen LogP contribution in [0.5, 0.6) is 0 Å². The normalized spacial score (nSPS) is 11.2. The van der Waals surface area contributed by atoms with Gasteiger partial charge in [-0.25, -0.2) is 4.79 Å². The lowest BCUT2D eigenvalue weighted by atomic mass is 10.2. The van der Waals surface area contributed by atoms with Crippen LogP contribution in [0.4, 0.5) is 0 Å². The summed E-state index contributed by atoms with van der Waals surface area (Å²) >= 11 is 9.52. The molecule has 8 heteroatoms. The third-order valence-electron chi connectivity index (χ3n) is 3.19. The Balaban J connectivity index is 2.24. The molecule has 3 aromatic rings. The average Bonchev–Trinajstić information content (AvgIpc) is 2.74. The van der Waals surface area contributed by atoms with Crippen LogP contribution in [-0.4, -0.2) is 19.1 Å². The number of aromatic amines is 1. The number of aryl methyl sites for hydroxylation is 1. The van der Waals surface area contributed by atoms with Crippen LogP contribution in [0.15, 0.2) is 38.3 Å². The molecule has 0 aliphatic rings. The van der Waals surface area contributed by atoms with E-state index in [-0.39, 0.29) is 16.4 Å². The molecule has 0 radical (unpaired) electrons. The van der Waals surface area contributed by atoms with Crippen molar-refractivity contribution in [2.24, 2.45) is 7.05 Å². The van der Waals surface area contributed by atoms with Crippen molar-refractivity contribution in [2.45, 2.75) is 6.54 Å². The lowest BCUT2D eigenvalue weighted by Gasteiger charge is -2.06. The summed E-state index contributed by atoms with van der Waals surface area (Å²) in [7, 11) is 1.54. The molecule has 0 bridgehead atoms. The molecule has 0 fully saturated rings. The van der Waals surface area contributed by atoms with E-state index >= 15 is 0 Å².